The zero-order chi connectivity index (χ0) is 20.6. The number of amides is 1. The van der Waals surface area contributed by atoms with Gasteiger partial charge in [0.1, 0.15) is 16.5 Å². The van der Waals surface area contributed by atoms with Crippen LogP contribution < -0.4 is 10.3 Å². The van der Waals surface area contributed by atoms with Crippen LogP contribution in [-0.2, 0) is 19.4 Å². The molecule has 1 saturated heterocycles. The van der Waals surface area contributed by atoms with E-state index in [2.05, 4.69) is 10.4 Å². The van der Waals surface area contributed by atoms with E-state index < -0.39 is 32.4 Å². The Morgan fingerprint density at radius 3 is 2.59 bits per heavy atom. The number of rotatable bonds is 4. The Morgan fingerprint density at radius 2 is 1.90 bits per heavy atom. The summed E-state index contributed by atoms with van der Waals surface area (Å²) in [5.41, 5.74) is 0.382. The van der Waals surface area contributed by atoms with Gasteiger partial charge in [-0.25, -0.2) is 22.2 Å². The molecule has 0 aromatic heterocycles. The molecular formula is C19H17F2N3O4S. The first-order valence-electron chi connectivity index (χ1n) is 8.95. The summed E-state index contributed by atoms with van der Waals surface area (Å²) in [5.74, 6) is -2.17. The third-order valence-corrected chi connectivity index (χ3v) is 6.35. The molecule has 2 aromatic rings. The molecule has 0 unspecified atom stereocenters. The normalized spacial score (nSPS) is 20.1. The van der Waals surface area contributed by atoms with Crippen molar-refractivity contribution in [1.29, 1.82) is 0 Å². The molecule has 0 radical (unpaired) electrons. The topological polar surface area (TPSA) is 88.1 Å². The molecule has 2 aliphatic heterocycles. The van der Waals surface area contributed by atoms with Crippen LogP contribution in [0, 0.1) is 11.6 Å². The number of fused-ring (bicyclic) bond motifs is 1. The fourth-order valence-corrected chi connectivity index (χ4v) is 4.63. The van der Waals surface area contributed by atoms with Gasteiger partial charge in [0.15, 0.2) is 0 Å². The lowest BCUT2D eigenvalue weighted by atomic mass is 10.2. The van der Waals surface area contributed by atoms with Gasteiger partial charge in [0, 0.05) is 13.2 Å². The van der Waals surface area contributed by atoms with Gasteiger partial charge < -0.3 is 10.1 Å². The third-order valence-electron chi connectivity index (χ3n) is 4.66. The molecule has 0 spiro atoms. The highest BCUT2D eigenvalue weighted by Gasteiger charge is 2.38. The Balaban J connectivity index is 1.74. The lowest BCUT2D eigenvalue weighted by Crippen LogP contribution is -2.42. The van der Waals surface area contributed by atoms with Crippen LogP contribution in [0.25, 0.3) is 0 Å². The van der Waals surface area contributed by atoms with Gasteiger partial charge in [-0.05, 0) is 55.3 Å². The second-order valence-electron chi connectivity index (χ2n) is 6.65. The first-order valence-corrected chi connectivity index (χ1v) is 10.4. The van der Waals surface area contributed by atoms with E-state index in [1.807, 2.05) is 0 Å². The summed E-state index contributed by atoms with van der Waals surface area (Å²) in [7, 11) is -4.36. The smallest absolute Gasteiger partial charge is 0.284 e. The van der Waals surface area contributed by atoms with Crippen LogP contribution in [0.4, 0.5) is 20.2 Å². The van der Waals surface area contributed by atoms with Crippen molar-refractivity contribution in [3.8, 4) is 0 Å². The summed E-state index contributed by atoms with van der Waals surface area (Å²) in [6, 6.07) is 8.28. The van der Waals surface area contributed by atoms with Gasteiger partial charge in [-0.3, -0.25) is 4.79 Å². The lowest BCUT2D eigenvalue weighted by Gasteiger charge is -2.27. The molecule has 10 heteroatoms. The van der Waals surface area contributed by atoms with Crippen LogP contribution in [0.15, 0.2) is 52.5 Å². The molecule has 1 fully saturated rings. The maximum Gasteiger partial charge on any atom is 0.284 e. The Morgan fingerprint density at radius 1 is 1.17 bits per heavy atom. The second kappa shape index (κ2) is 7.53. The van der Waals surface area contributed by atoms with Crippen LogP contribution in [0.3, 0.4) is 0 Å². The van der Waals surface area contributed by atoms with Crippen LogP contribution in [0.2, 0.25) is 0 Å². The molecule has 4 rings (SSSR count). The predicted molar refractivity (Wildman–Crippen MR) is 102 cm³/mol. The van der Waals surface area contributed by atoms with E-state index in [1.165, 1.54) is 35.3 Å². The Kier molecular flexibility index (Phi) is 5.05. The van der Waals surface area contributed by atoms with Crippen molar-refractivity contribution < 1.29 is 26.7 Å². The number of carbonyl (C=O) groups excluding carboxylic acids is 1. The number of nitrogens with zero attached hydrogens (tertiary/aromatic N) is 2. The van der Waals surface area contributed by atoms with E-state index in [-0.39, 0.29) is 23.2 Å². The number of carbonyl (C=O) groups is 1. The van der Waals surface area contributed by atoms with E-state index in [9.17, 15) is 22.0 Å². The second-order valence-corrected chi connectivity index (χ2v) is 8.49. The van der Waals surface area contributed by atoms with Crippen molar-refractivity contribution in [3.63, 3.8) is 0 Å². The molecule has 2 aliphatic rings. The number of hydrogen-bond acceptors (Lipinski definition) is 6. The fraction of sp³-hybridized carbons (Fsp3) is 0.263. The standard InChI is InChI=1S/C19H17F2N3O4S/c20-12-3-6-14(7-4-12)24-16-8-5-13(21)10-17(16)29(26,27)19(23-24)18(25)22-11-15-2-1-9-28-15/h3-8,10,15H,1-2,9,11H2,(H,22,25)/t15-/m1/s1. The molecule has 0 aliphatic carbocycles. The van der Waals surface area contributed by atoms with Crippen LogP contribution in [0.5, 0.6) is 0 Å². The van der Waals surface area contributed by atoms with E-state index in [1.54, 1.807) is 0 Å². The summed E-state index contributed by atoms with van der Waals surface area (Å²) in [6.45, 7) is 0.727. The van der Waals surface area contributed by atoms with Gasteiger partial charge in [-0.1, -0.05) is 0 Å². The summed E-state index contributed by atoms with van der Waals surface area (Å²) >= 11 is 0. The molecule has 29 heavy (non-hydrogen) atoms. The van der Waals surface area contributed by atoms with Crippen molar-refractivity contribution in [2.45, 2.75) is 23.8 Å². The van der Waals surface area contributed by atoms with E-state index in [0.29, 0.717) is 12.3 Å². The zero-order valence-electron chi connectivity index (χ0n) is 15.1. The van der Waals surface area contributed by atoms with E-state index >= 15 is 0 Å². The average Bonchev–Trinajstić information content (AvgIpc) is 3.21. The lowest BCUT2D eigenvalue weighted by molar-refractivity contribution is -0.115. The van der Waals surface area contributed by atoms with Crippen LogP contribution in [-0.4, -0.2) is 38.6 Å². The largest absolute Gasteiger partial charge is 0.376 e. The van der Waals surface area contributed by atoms with Gasteiger partial charge in [-0.2, -0.15) is 0 Å². The monoisotopic (exact) mass is 421 g/mol. The maximum atomic E-state index is 13.8. The number of ether oxygens (including phenoxy) is 1. The maximum absolute atomic E-state index is 13.8. The van der Waals surface area contributed by atoms with Gasteiger partial charge in [0.05, 0.1) is 17.5 Å². The van der Waals surface area contributed by atoms with Crippen LogP contribution >= 0.6 is 0 Å². The fourth-order valence-electron chi connectivity index (χ4n) is 3.21. The highest BCUT2D eigenvalue weighted by molar-refractivity contribution is 8.08. The van der Waals surface area contributed by atoms with Crippen molar-refractivity contribution in [2.24, 2.45) is 5.10 Å². The van der Waals surface area contributed by atoms with Crippen LogP contribution in [0.1, 0.15) is 12.8 Å². The average molecular weight is 421 g/mol. The SMILES string of the molecule is O=C(NC[C@H]1CCCO1)C1=NN(c2ccc(F)cc2)c2ccc(F)cc2S1(=O)=O. The van der Waals surface area contributed by atoms with Gasteiger partial charge in [-0.15, -0.1) is 5.10 Å². The summed E-state index contributed by atoms with van der Waals surface area (Å²) < 4.78 is 58.4. The Labute approximate surface area is 165 Å². The number of hydrogen-bond donors (Lipinski definition) is 1. The molecule has 0 bridgehead atoms. The van der Waals surface area contributed by atoms with Crippen molar-refractivity contribution in [1.82, 2.24) is 5.32 Å². The van der Waals surface area contributed by atoms with Crippen molar-refractivity contribution >= 4 is 32.2 Å². The number of anilines is 2. The van der Waals surface area contributed by atoms with Crippen molar-refractivity contribution in [3.05, 3.63) is 54.1 Å². The van der Waals surface area contributed by atoms with E-state index in [4.69, 9.17) is 4.74 Å². The molecule has 2 aromatic carbocycles. The van der Waals surface area contributed by atoms with E-state index in [0.717, 1.165) is 25.0 Å². The molecule has 152 valence electrons. The molecule has 7 nitrogen and oxygen atoms in total. The number of hydrazone groups is 1. The zero-order valence-corrected chi connectivity index (χ0v) is 16.0. The van der Waals surface area contributed by atoms with Gasteiger partial charge in [0.2, 0.25) is 14.9 Å². The Bertz CT molecular complexity index is 1080. The highest BCUT2D eigenvalue weighted by atomic mass is 32.2. The minimum absolute atomic E-state index is 0.0636. The number of nitrogens with one attached hydrogen (secondary N) is 1. The molecule has 2 heterocycles. The summed E-state index contributed by atoms with van der Waals surface area (Å²) in [6.07, 6.45) is 1.43. The molecule has 1 atom stereocenters. The highest BCUT2D eigenvalue weighted by Crippen LogP contribution is 2.37. The quantitative estimate of drug-likeness (QED) is 0.820. The van der Waals surface area contributed by atoms with Crippen molar-refractivity contribution in [2.75, 3.05) is 18.2 Å². The summed E-state index contributed by atoms with van der Waals surface area (Å²) in [4.78, 5) is 12.2. The summed E-state index contributed by atoms with van der Waals surface area (Å²) in [5, 5.41) is 6.95. The molecular weight excluding hydrogens is 404 g/mol. The number of halogens is 2. The minimum Gasteiger partial charge on any atom is -0.376 e. The first kappa shape index (κ1) is 19.5. The number of sulfone groups is 1. The van der Waals surface area contributed by atoms with Gasteiger partial charge >= 0.3 is 0 Å². The first-order chi connectivity index (χ1) is 13.9. The molecule has 0 saturated carbocycles. The molecule has 1 amide bonds. The minimum atomic E-state index is -4.36. The molecule has 1 N–H and O–H groups in total. The number of benzene rings is 2. The van der Waals surface area contributed by atoms with Gasteiger partial charge in [0.25, 0.3) is 5.91 Å². The Hall–Kier alpha value is -2.85. The predicted octanol–water partition coefficient (Wildman–Crippen LogP) is 2.50. The third kappa shape index (κ3) is 3.73.